The number of aromatic nitrogens is 1. The van der Waals surface area contributed by atoms with Gasteiger partial charge in [0.25, 0.3) is 0 Å². The summed E-state index contributed by atoms with van der Waals surface area (Å²) in [6, 6.07) is 43.4. The maximum atomic E-state index is 6.40. The predicted molar refractivity (Wildman–Crippen MR) is 167 cm³/mol. The highest BCUT2D eigenvalue weighted by Crippen LogP contribution is 2.38. The summed E-state index contributed by atoms with van der Waals surface area (Å²) in [5.41, 5.74) is 8.52. The van der Waals surface area contributed by atoms with Gasteiger partial charge in [0, 0.05) is 16.5 Å². The molecule has 40 heavy (non-hydrogen) atoms. The van der Waals surface area contributed by atoms with Crippen molar-refractivity contribution < 1.29 is 9.31 Å². The second-order valence-electron chi connectivity index (χ2n) is 11.7. The van der Waals surface area contributed by atoms with Crippen LogP contribution in [0.5, 0.6) is 0 Å². The van der Waals surface area contributed by atoms with Crippen molar-refractivity contribution in [2.75, 3.05) is 0 Å². The minimum atomic E-state index is -0.400. The molecule has 7 rings (SSSR count). The number of nitrogens with zero attached hydrogens (tertiary/aromatic N) is 1. The third kappa shape index (κ3) is 4.07. The lowest BCUT2D eigenvalue weighted by Gasteiger charge is -2.32. The highest BCUT2D eigenvalue weighted by Gasteiger charge is 2.51. The molecule has 0 spiro atoms. The largest absolute Gasteiger partial charge is 0.494 e. The quantitative estimate of drug-likeness (QED) is 0.218. The van der Waals surface area contributed by atoms with Crippen LogP contribution in [-0.2, 0) is 9.31 Å². The first-order valence-electron chi connectivity index (χ1n) is 14.0. The van der Waals surface area contributed by atoms with Gasteiger partial charge in [0.1, 0.15) is 0 Å². The Balaban J connectivity index is 1.45. The van der Waals surface area contributed by atoms with E-state index in [1.807, 2.05) is 0 Å². The molecule has 4 heteroatoms. The van der Waals surface area contributed by atoms with Gasteiger partial charge in [0.2, 0.25) is 0 Å². The van der Waals surface area contributed by atoms with Crippen molar-refractivity contribution in [2.24, 2.45) is 0 Å². The molecule has 2 heterocycles. The van der Waals surface area contributed by atoms with Crippen LogP contribution in [-0.4, -0.2) is 22.9 Å². The highest BCUT2D eigenvalue weighted by molar-refractivity contribution is 6.62. The maximum Gasteiger partial charge on any atom is 0.494 e. The summed E-state index contributed by atoms with van der Waals surface area (Å²) in [4.78, 5) is 0. The van der Waals surface area contributed by atoms with Crippen molar-refractivity contribution in [1.29, 1.82) is 0 Å². The molecule has 1 aliphatic rings. The van der Waals surface area contributed by atoms with E-state index in [2.05, 4.69) is 154 Å². The third-order valence-corrected chi connectivity index (χ3v) is 8.61. The molecule has 0 N–H and O–H groups in total. The summed E-state index contributed by atoms with van der Waals surface area (Å²) in [5.74, 6) is 0. The Morgan fingerprint density at radius 3 is 1.62 bits per heavy atom. The molecular formula is C36H32BNO2. The Morgan fingerprint density at radius 2 is 1.02 bits per heavy atom. The van der Waals surface area contributed by atoms with Gasteiger partial charge in [0.05, 0.1) is 22.2 Å². The van der Waals surface area contributed by atoms with Crippen LogP contribution < -0.4 is 5.46 Å². The second kappa shape index (κ2) is 9.23. The molecular weight excluding hydrogens is 489 g/mol. The van der Waals surface area contributed by atoms with Crippen molar-refractivity contribution >= 4 is 34.4 Å². The SMILES string of the molecule is CC1(C)OB(c2ccc3c(c2)c2ccccc2n3-c2cc(-c3ccccc3)cc(-c3ccccc3)c2)OC1(C)C. The van der Waals surface area contributed by atoms with E-state index in [-0.39, 0.29) is 11.2 Å². The van der Waals surface area contributed by atoms with Crippen LogP contribution in [0.2, 0.25) is 0 Å². The zero-order valence-corrected chi connectivity index (χ0v) is 23.4. The monoisotopic (exact) mass is 521 g/mol. The smallest absolute Gasteiger partial charge is 0.399 e. The third-order valence-electron chi connectivity index (χ3n) is 8.61. The molecule has 0 radical (unpaired) electrons. The molecule has 0 amide bonds. The van der Waals surface area contributed by atoms with Crippen LogP contribution >= 0.6 is 0 Å². The van der Waals surface area contributed by atoms with Gasteiger partial charge in [-0.3, -0.25) is 0 Å². The van der Waals surface area contributed by atoms with Gasteiger partial charge in [-0.1, -0.05) is 91.0 Å². The summed E-state index contributed by atoms with van der Waals surface area (Å²) in [5, 5.41) is 2.40. The van der Waals surface area contributed by atoms with Crippen LogP contribution in [0, 0.1) is 0 Å². The summed E-state index contributed by atoms with van der Waals surface area (Å²) >= 11 is 0. The molecule has 1 fully saturated rings. The molecule has 5 aromatic carbocycles. The fraction of sp³-hybridized carbons (Fsp3) is 0.167. The standard InChI is InChI=1S/C36H32BNO2/c1-35(2)36(3,4)40-37(39-35)29-19-20-34-32(24-29)31-17-11-12-18-33(31)38(34)30-22-27(25-13-7-5-8-14-25)21-28(23-30)26-15-9-6-10-16-26/h5-24H,1-4H3. The first kappa shape index (κ1) is 24.9. The zero-order valence-electron chi connectivity index (χ0n) is 23.4. The van der Waals surface area contributed by atoms with E-state index in [1.54, 1.807) is 0 Å². The predicted octanol–water partition coefficient (Wildman–Crippen LogP) is 8.42. The molecule has 0 atom stereocenters. The van der Waals surface area contributed by atoms with Gasteiger partial charge < -0.3 is 13.9 Å². The first-order valence-corrected chi connectivity index (χ1v) is 14.0. The number of fused-ring (bicyclic) bond motifs is 3. The Labute approximate surface area is 236 Å². The summed E-state index contributed by atoms with van der Waals surface area (Å²) in [6.07, 6.45) is 0. The number of para-hydroxylation sites is 1. The van der Waals surface area contributed by atoms with E-state index in [4.69, 9.17) is 9.31 Å². The molecule has 6 aromatic rings. The molecule has 3 nitrogen and oxygen atoms in total. The maximum absolute atomic E-state index is 6.40. The van der Waals surface area contributed by atoms with Crippen molar-refractivity contribution in [3.05, 3.63) is 121 Å². The lowest BCUT2D eigenvalue weighted by Crippen LogP contribution is -2.41. The topological polar surface area (TPSA) is 23.4 Å². The molecule has 0 unspecified atom stereocenters. The van der Waals surface area contributed by atoms with Gasteiger partial charge in [0.15, 0.2) is 0 Å². The molecule has 1 aromatic heterocycles. The van der Waals surface area contributed by atoms with Crippen LogP contribution in [0.1, 0.15) is 27.7 Å². The molecule has 1 saturated heterocycles. The Morgan fingerprint density at radius 1 is 0.500 bits per heavy atom. The van der Waals surface area contributed by atoms with Crippen molar-refractivity contribution in [3.8, 4) is 27.9 Å². The lowest BCUT2D eigenvalue weighted by atomic mass is 9.78. The summed E-state index contributed by atoms with van der Waals surface area (Å²) in [6.45, 7) is 8.39. The lowest BCUT2D eigenvalue weighted by molar-refractivity contribution is 0.00578. The average Bonchev–Trinajstić information content (AvgIpc) is 3.42. The van der Waals surface area contributed by atoms with Crippen LogP contribution in [0.15, 0.2) is 121 Å². The van der Waals surface area contributed by atoms with E-state index in [0.29, 0.717) is 0 Å². The highest BCUT2D eigenvalue weighted by atomic mass is 16.7. The average molecular weight is 521 g/mol. The fourth-order valence-corrected chi connectivity index (χ4v) is 5.73. The Kier molecular flexibility index (Phi) is 5.74. The number of rotatable bonds is 4. The first-order chi connectivity index (χ1) is 19.3. The van der Waals surface area contributed by atoms with Gasteiger partial charge in [-0.25, -0.2) is 0 Å². The molecule has 0 saturated carbocycles. The Hall–Kier alpha value is -4.12. The van der Waals surface area contributed by atoms with Gasteiger partial charge in [-0.05, 0) is 85.7 Å². The molecule has 0 bridgehead atoms. The van der Waals surface area contributed by atoms with Crippen molar-refractivity contribution in [1.82, 2.24) is 4.57 Å². The number of hydrogen-bond donors (Lipinski definition) is 0. The zero-order chi connectivity index (χ0) is 27.5. The van der Waals surface area contributed by atoms with Crippen LogP contribution in [0.25, 0.3) is 49.7 Å². The van der Waals surface area contributed by atoms with E-state index < -0.39 is 7.12 Å². The normalized spacial score (nSPS) is 16.1. The minimum absolute atomic E-state index is 0.383. The fourth-order valence-electron chi connectivity index (χ4n) is 5.73. The second-order valence-corrected chi connectivity index (χ2v) is 11.7. The van der Waals surface area contributed by atoms with E-state index >= 15 is 0 Å². The van der Waals surface area contributed by atoms with Gasteiger partial charge in [-0.2, -0.15) is 0 Å². The van der Waals surface area contributed by atoms with Gasteiger partial charge in [-0.15, -0.1) is 0 Å². The number of hydrogen-bond acceptors (Lipinski definition) is 2. The van der Waals surface area contributed by atoms with Crippen molar-refractivity contribution in [2.45, 2.75) is 38.9 Å². The van der Waals surface area contributed by atoms with E-state index in [0.717, 1.165) is 16.7 Å². The summed E-state index contributed by atoms with van der Waals surface area (Å²) in [7, 11) is -0.400. The summed E-state index contributed by atoms with van der Waals surface area (Å²) < 4.78 is 15.2. The van der Waals surface area contributed by atoms with E-state index in [1.165, 1.54) is 38.5 Å². The van der Waals surface area contributed by atoms with Crippen molar-refractivity contribution in [3.63, 3.8) is 0 Å². The minimum Gasteiger partial charge on any atom is -0.399 e. The van der Waals surface area contributed by atoms with Crippen LogP contribution in [0.3, 0.4) is 0 Å². The molecule has 196 valence electrons. The number of benzene rings is 5. The van der Waals surface area contributed by atoms with E-state index in [9.17, 15) is 0 Å². The molecule has 1 aliphatic heterocycles. The van der Waals surface area contributed by atoms with Gasteiger partial charge >= 0.3 is 7.12 Å². The Bertz CT molecular complexity index is 1780. The molecule has 0 aliphatic carbocycles. The van der Waals surface area contributed by atoms with Crippen LogP contribution in [0.4, 0.5) is 0 Å².